The SMILES string of the molecule is CCCCC/C=C\C/C=C\C/C=C\C/C=C\CCCCCCCC(=O)OC(/C=C/CCCCCCCCCCC)C(COP(=O)(O)OCC[N+](C)(C)C)NC(=O)CCC/C=C\C/C=C\C/C=C\C/C=C\CCCCC. The van der Waals surface area contributed by atoms with Gasteiger partial charge in [0.2, 0.25) is 5.91 Å². The lowest BCUT2D eigenvalue weighted by atomic mass is 10.1. The summed E-state index contributed by atoms with van der Waals surface area (Å²) in [5, 5.41) is 3.01. The van der Waals surface area contributed by atoms with E-state index in [1.807, 2.05) is 33.3 Å². The fourth-order valence-corrected chi connectivity index (χ4v) is 8.71. The average Bonchev–Trinajstić information content (AvgIpc) is 3.37. The molecule has 0 aliphatic carbocycles. The molecule has 430 valence electrons. The summed E-state index contributed by atoms with van der Waals surface area (Å²) in [4.78, 5) is 37.6. The zero-order valence-corrected chi connectivity index (χ0v) is 49.9. The van der Waals surface area contributed by atoms with Gasteiger partial charge in [-0.25, -0.2) is 4.57 Å². The number of phosphoric acid groups is 1. The van der Waals surface area contributed by atoms with Crippen LogP contribution in [0.2, 0.25) is 0 Å². The summed E-state index contributed by atoms with van der Waals surface area (Å²) >= 11 is 0. The highest BCUT2D eigenvalue weighted by molar-refractivity contribution is 7.47. The highest BCUT2D eigenvalue weighted by Crippen LogP contribution is 2.43. The van der Waals surface area contributed by atoms with E-state index in [1.54, 1.807) is 0 Å². The summed E-state index contributed by atoms with van der Waals surface area (Å²) in [5.41, 5.74) is 0. The Morgan fingerprint density at radius 1 is 0.467 bits per heavy atom. The normalized spacial score (nSPS) is 14.5. The van der Waals surface area contributed by atoms with Gasteiger partial charge in [0, 0.05) is 12.8 Å². The van der Waals surface area contributed by atoms with Crippen molar-refractivity contribution in [1.82, 2.24) is 5.32 Å². The molecule has 0 aliphatic heterocycles. The second kappa shape index (κ2) is 54.0. The molecule has 3 atom stereocenters. The van der Waals surface area contributed by atoms with Gasteiger partial charge >= 0.3 is 13.8 Å². The molecule has 0 bridgehead atoms. The molecule has 3 unspecified atom stereocenters. The minimum atomic E-state index is -4.47. The first kappa shape index (κ1) is 71.7. The van der Waals surface area contributed by atoms with Crippen molar-refractivity contribution in [2.24, 2.45) is 0 Å². The number of esters is 1. The van der Waals surface area contributed by atoms with Crippen LogP contribution in [-0.2, 0) is 27.9 Å². The van der Waals surface area contributed by atoms with Crippen LogP contribution >= 0.6 is 7.82 Å². The van der Waals surface area contributed by atoms with Gasteiger partial charge in [0.25, 0.3) is 0 Å². The van der Waals surface area contributed by atoms with Gasteiger partial charge < -0.3 is 19.4 Å². The van der Waals surface area contributed by atoms with Crippen LogP contribution in [-0.4, -0.2) is 74.3 Å². The molecule has 0 radical (unpaired) electrons. The Balaban J connectivity index is 5.38. The van der Waals surface area contributed by atoms with E-state index in [1.165, 1.54) is 96.3 Å². The van der Waals surface area contributed by atoms with Crippen LogP contribution < -0.4 is 5.32 Å². The number of unbranched alkanes of at least 4 members (excludes halogenated alkanes) is 21. The summed E-state index contributed by atoms with van der Waals surface area (Å²) in [6, 6.07) is -0.891. The fraction of sp³-hybridized carbons (Fsp3) is 0.692. The maximum absolute atomic E-state index is 13.5. The first-order chi connectivity index (χ1) is 36.4. The number of allylic oxidation sites excluding steroid dienone is 17. The van der Waals surface area contributed by atoms with Crippen LogP contribution in [0.5, 0.6) is 0 Å². The molecule has 0 aliphatic rings. The molecule has 0 aromatic carbocycles. The predicted octanol–water partition coefficient (Wildman–Crippen LogP) is 18.6. The van der Waals surface area contributed by atoms with Crippen LogP contribution in [0.3, 0.4) is 0 Å². The third-order valence-electron chi connectivity index (χ3n) is 12.7. The maximum Gasteiger partial charge on any atom is 0.472 e. The summed E-state index contributed by atoms with van der Waals surface area (Å²) < 4.78 is 30.6. The number of quaternary nitrogens is 1. The molecule has 2 N–H and O–H groups in total. The Hall–Kier alpha value is -3.33. The second-order valence-electron chi connectivity index (χ2n) is 21.2. The van der Waals surface area contributed by atoms with Gasteiger partial charge in [-0.3, -0.25) is 18.6 Å². The highest BCUT2D eigenvalue weighted by atomic mass is 31.2. The van der Waals surface area contributed by atoms with E-state index < -0.39 is 20.0 Å². The minimum Gasteiger partial charge on any atom is -0.456 e. The van der Waals surface area contributed by atoms with E-state index in [0.29, 0.717) is 23.9 Å². The molecule has 1 amide bonds. The van der Waals surface area contributed by atoms with Crippen molar-refractivity contribution in [1.29, 1.82) is 0 Å². The van der Waals surface area contributed by atoms with Crippen LogP contribution in [0.4, 0.5) is 0 Å². The Labute approximate surface area is 461 Å². The third kappa shape index (κ3) is 55.2. The van der Waals surface area contributed by atoms with Crippen molar-refractivity contribution >= 4 is 19.7 Å². The number of likely N-dealkylation sites (N-methyl/N-ethyl adjacent to an activating group) is 1. The smallest absolute Gasteiger partial charge is 0.456 e. The number of ether oxygens (including phenoxy) is 1. The van der Waals surface area contributed by atoms with Crippen LogP contribution in [0, 0.1) is 0 Å². The average molecular weight is 1070 g/mol. The quantitative estimate of drug-likeness (QED) is 0.0205. The molecule has 0 aromatic heterocycles. The minimum absolute atomic E-state index is 0.0212. The lowest BCUT2D eigenvalue weighted by Gasteiger charge is -2.27. The second-order valence-corrected chi connectivity index (χ2v) is 22.6. The molecule has 0 spiro atoms. The number of carbonyl (C=O) groups is 2. The van der Waals surface area contributed by atoms with Gasteiger partial charge in [0.15, 0.2) is 0 Å². The fourth-order valence-electron chi connectivity index (χ4n) is 7.97. The molecule has 0 fully saturated rings. The van der Waals surface area contributed by atoms with E-state index in [4.69, 9.17) is 13.8 Å². The molecule has 0 aromatic rings. The number of rotatable bonds is 53. The van der Waals surface area contributed by atoms with Crippen molar-refractivity contribution in [2.75, 3.05) is 40.9 Å². The Morgan fingerprint density at radius 3 is 1.27 bits per heavy atom. The molecule has 0 heterocycles. The zero-order chi connectivity index (χ0) is 55.0. The first-order valence-electron chi connectivity index (χ1n) is 30.2. The summed E-state index contributed by atoms with van der Waals surface area (Å²) in [6.07, 6.45) is 73.8. The molecule has 75 heavy (non-hydrogen) atoms. The lowest BCUT2D eigenvalue weighted by molar-refractivity contribution is -0.870. The summed E-state index contributed by atoms with van der Waals surface area (Å²) in [5.74, 6) is -0.599. The maximum atomic E-state index is 13.5. The van der Waals surface area contributed by atoms with Crippen molar-refractivity contribution in [3.8, 4) is 0 Å². The Morgan fingerprint density at radius 2 is 0.827 bits per heavy atom. The topological polar surface area (TPSA) is 111 Å². The van der Waals surface area contributed by atoms with Gasteiger partial charge in [-0.05, 0) is 115 Å². The largest absolute Gasteiger partial charge is 0.472 e. The van der Waals surface area contributed by atoms with Crippen molar-refractivity contribution in [2.45, 2.75) is 251 Å². The van der Waals surface area contributed by atoms with Crippen LogP contribution in [0.25, 0.3) is 0 Å². The van der Waals surface area contributed by atoms with Gasteiger partial charge in [-0.15, -0.1) is 0 Å². The molecule has 0 saturated carbocycles. The molecule has 9 nitrogen and oxygen atoms in total. The number of nitrogens with zero attached hydrogens (tertiary/aromatic N) is 1. The Kier molecular flexibility index (Phi) is 51.6. The number of carbonyl (C=O) groups excluding carboxylic acids is 2. The van der Waals surface area contributed by atoms with E-state index in [-0.39, 0.29) is 37.9 Å². The number of hydrogen-bond donors (Lipinski definition) is 2. The van der Waals surface area contributed by atoms with E-state index in [0.717, 1.165) is 96.3 Å². The predicted molar refractivity (Wildman–Crippen MR) is 323 cm³/mol. The van der Waals surface area contributed by atoms with Crippen molar-refractivity contribution in [3.63, 3.8) is 0 Å². The first-order valence-corrected chi connectivity index (χ1v) is 31.7. The molecule has 10 heteroatoms. The Bertz CT molecular complexity index is 1650. The molecule has 0 rings (SSSR count). The van der Waals surface area contributed by atoms with Gasteiger partial charge in [-0.2, -0.15) is 0 Å². The number of hydrogen-bond acceptors (Lipinski definition) is 6. The summed E-state index contributed by atoms with van der Waals surface area (Å²) in [7, 11) is 1.43. The van der Waals surface area contributed by atoms with Crippen molar-refractivity contribution in [3.05, 3.63) is 109 Å². The molecule has 0 saturated heterocycles. The molecular formula is C65H114N2O7P+. The monoisotopic (exact) mass is 1070 g/mol. The zero-order valence-electron chi connectivity index (χ0n) is 49.0. The van der Waals surface area contributed by atoms with Crippen molar-refractivity contribution < 1.29 is 37.3 Å². The number of amides is 1. The van der Waals surface area contributed by atoms with E-state index in [2.05, 4.69) is 123 Å². The third-order valence-corrected chi connectivity index (χ3v) is 13.7. The number of phosphoric ester groups is 1. The van der Waals surface area contributed by atoms with E-state index in [9.17, 15) is 19.0 Å². The van der Waals surface area contributed by atoms with Gasteiger partial charge in [-0.1, -0.05) is 220 Å². The number of nitrogens with one attached hydrogen (secondary N) is 1. The van der Waals surface area contributed by atoms with Crippen LogP contribution in [0.15, 0.2) is 109 Å². The van der Waals surface area contributed by atoms with Gasteiger partial charge in [0.1, 0.15) is 19.3 Å². The summed E-state index contributed by atoms with van der Waals surface area (Å²) in [6.45, 7) is 6.87. The van der Waals surface area contributed by atoms with E-state index >= 15 is 0 Å². The highest BCUT2D eigenvalue weighted by Gasteiger charge is 2.30. The molecular weight excluding hydrogens is 952 g/mol. The van der Waals surface area contributed by atoms with Gasteiger partial charge in [0.05, 0.1) is 33.8 Å². The standard InChI is InChI=1S/C65H113N2O7P/c1-7-10-13-16-19-22-25-27-29-31-32-33-34-36-38-40-43-46-49-52-55-58-65(69)74-63(56-53-50-47-44-41-24-21-18-15-12-9-3)62(61-73-75(70,71)72-60-59-67(4,5)6)66-64(68)57-54-51-48-45-42-39-37-35-30-28-26-23-20-17-14-11-8-2/h19-20,22-23,27-30,32-33,36-39,45,48,53,56,62-63H,7-18,21,24-26,31,34-35,40-44,46-47,49-52,54-55,57-61H2,1-6H3,(H-,66,68,70,71)/p+1/b22-19-,23-20-,29-27-,30-28-,33-32-,38-36-,39-37-,48-45-,56-53+. The lowest BCUT2D eigenvalue weighted by Crippen LogP contribution is -2.47. The van der Waals surface area contributed by atoms with Crippen LogP contribution in [0.1, 0.15) is 239 Å².